The maximum absolute atomic E-state index is 13.5. The molecule has 14 heteroatoms. The number of aromatic amines is 1. The lowest BCUT2D eigenvalue weighted by Crippen LogP contribution is -2.33. The molecule has 198 valence electrons. The fourth-order valence-corrected chi connectivity index (χ4v) is 5.84. The number of carbonyl (C=O) groups excluding carboxylic acids is 1. The summed E-state index contributed by atoms with van der Waals surface area (Å²) in [6.45, 7) is -0.0941. The van der Waals surface area contributed by atoms with Gasteiger partial charge in [-0.2, -0.15) is 0 Å². The maximum Gasteiger partial charge on any atom is 0.277 e. The number of benzene rings is 2. The number of nitro groups is 2. The van der Waals surface area contributed by atoms with E-state index in [1.165, 1.54) is 36.0 Å². The van der Waals surface area contributed by atoms with Crippen LogP contribution in [-0.2, 0) is 10.5 Å². The molecule has 1 aromatic heterocycles. The third kappa shape index (κ3) is 4.37. The molecule has 0 amide bonds. The van der Waals surface area contributed by atoms with Gasteiger partial charge in [-0.15, -0.1) is 0 Å². The number of non-ortho nitro benzene ring substituents is 1. The van der Waals surface area contributed by atoms with Crippen LogP contribution >= 0.6 is 11.8 Å². The lowest BCUT2D eigenvalue weighted by Gasteiger charge is -2.32. The summed E-state index contributed by atoms with van der Waals surface area (Å²) in [5.74, 6) is -0.111. The van der Waals surface area contributed by atoms with Crippen LogP contribution in [-0.4, -0.2) is 32.4 Å². The number of allylic oxidation sites excluding steroid dienone is 2. The number of ketones is 1. The SMILES string of the molecule is O=C1CCCC2=C1C(c1cc3c(cc1[N+](=O)[O-])OCO3)c1c(nc(SCc3ccc([N+](=O)[O-])cc3)[nH]c1=O)N2. The summed E-state index contributed by atoms with van der Waals surface area (Å²) in [6, 6.07) is 8.76. The average molecular weight is 550 g/mol. The topological polar surface area (TPSA) is 180 Å². The van der Waals surface area contributed by atoms with Gasteiger partial charge >= 0.3 is 0 Å². The van der Waals surface area contributed by atoms with Crippen molar-refractivity contribution in [2.75, 3.05) is 12.1 Å². The molecule has 0 spiro atoms. The van der Waals surface area contributed by atoms with Gasteiger partial charge in [0.15, 0.2) is 22.4 Å². The molecular weight excluding hydrogens is 530 g/mol. The van der Waals surface area contributed by atoms with Crippen LogP contribution in [0.1, 0.15) is 41.9 Å². The smallest absolute Gasteiger partial charge is 0.277 e. The largest absolute Gasteiger partial charge is 0.454 e. The number of ether oxygens (including phenoxy) is 2. The van der Waals surface area contributed by atoms with E-state index in [2.05, 4.69) is 15.3 Å². The third-order valence-corrected chi connectivity index (χ3v) is 7.73. The van der Waals surface area contributed by atoms with Crippen LogP contribution in [0.3, 0.4) is 0 Å². The van der Waals surface area contributed by atoms with Crippen LogP contribution in [0.4, 0.5) is 17.2 Å². The van der Waals surface area contributed by atoms with E-state index in [4.69, 9.17) is 9.47 Å². The van der Waals surface area contributed by atoms with Crippen LogP contribution in [0, 0.1) is 20.2 Å². The summed E-state index contributed by atoms with van der Waals surface area (Å²) in [5, 5.41) is 26.4. The summed E-state index contributed by atoms with van der Waals surface area (Å²) in [7, 11) is 0. The number of hydrogen-bond acceptors (Lipinski definition) is 11. The van der Waals surface area contributed by atoms with Crippen LogP contribution in [0.15, 0.2) is 57.6 Å². The van der Waals surface area contributed by atoms with E-state index in [0.717, 1.165) is 5.56 Å². The van der Waals surface area contributed by atoms with Gasteiger partial charge in [0.25, 0.3) is 16.9 Å². The third-order valence-electron chi connectivity index (χ3n) is 6.79. The van der Waals surface area contributed by atoms with Crippen molar-refractivity contribution in [1.29, 1.82) is 0 Å². The summed E-state index contributed by atoms with van der Waals surface area (Å²) in [5.41, 5.74) is 1.08. The van der Waals surface area contributed by atoms with Crippen molar-refractivity contribution >= 4 is 34.7 Å². The minimum atomic E-state index is -1.02. The quantitative estimate of drug-likeness (QED) is 0.195. The predicted octanol–water partition coefficient (Wildman–Crippen LogP) is 4.17. The van der Waals surface area contributed by atoms with Gasteiger partial charge in [0, 0.05) is 41.1 Å². The highest BCUT2D eigenvalue weighted by molar-refractivity contribution is 7.98. The molecule has 0 saturated heterocycles. The van der Waals surface area contributed by atoms with Gasteiger partial charge in [-0.25, -0.2) is 4.98 Å². The minimum Gasteiger partial charge on any atom is -0.454 e. The number of nitrogens with zero attached hydrogens (tertiary/aromatic N) is 3. The van der Waals surface area contributed by atoms with Crippen LogP contribution in [0.25, 0.3) is 0 Å². The second-order valence-corrected chi connectivity index (χ2v) is 10.1. The van der Waals surface area contributed by atoms with Gasteiger partial charge in [0.2, 0.25) is 6.79 Å². The van der Waals surface area contributed by atoms with Crippen molar-refractivity contribution in [2.24, 2.45) is 0 Å². The molecule has 1 aliphatic carbocycles. The van der Waals surface area contributed by atoms with E-state index >= 15 is 0 Å². The Labute approximate surface area is 223 Å². The van der Waals surface area contributed by atoms with Crippen molar-refractivity contribution in [1.82, 2.24) is 9.97 Å². The number of hydrogen-bond donors (Lipinski definition) is 2. The normalized spacial score (nSPS) is 17.3. The molecule has 2 aliphatic heterocycles. The van der Waals surface area contributed by atoms with Crippen LogP contribution in [0.5, 0.6) is 11.5 Å². The summed E-state index contributed by atoms with van der Waals surface area (Å²) >= 11 is 1.22. The zero-order valence-electron chi connectivity index (χ0n) is 20.1. The maximum atomic E-state index is 13.5. The van der Waals surface area contributed by atoms with Gasteiger partial charge in [-0.1, -0.05) is 23.9 Å². The van der Waals surface area contributed by atoms with Crippen molar-refractivity contribution in [3.05, 3.63) is 94.9 Å². The highest BCUT2D eigenvalue weighted by atomic mass is 32.2. The Morgan fingerprint density at radius 1 is 1.03 bits per heavy atom. The van der Waals surface area contributed by atoms with E-state index in [0.29, 0.717) is 35.6 Å². The number of rotatable bonds is 6. The predicted molar refractivity (Wildman–Crippen MR) is 138 cm³/mol. The van der Waals surface area contributed by atoms with Crippen LogP contribution in [0.2, 0.25) is 0 Å². The Kier molecular flexibility index (Phi) is 6.02. The van der Waals surface area contributed by atoms with Gasteiger partial charge < -0.3 is 19.8 Å². The Hall–Kier alpha value is -4.72. The first-order valence-corrected chi connectivity index (χ1v) is 12.9. The fraction of sp³-hybridized carbons (Fsp3) is 0.240. The van der Waals surface area contributed by atoms with Gasteiger partial charge in [0.05, 0.1) is 27.4 Å². The lowest BCUT2D eigenvalue weighted by atomic mass is 9.76. The first kappa shape index (κ1) is 24.6. The number of anilines is 1. The molecule has 0 radical (unpaired) electrons. The molecule has 3 aromatic rings. The number of aromatic nitrogens is 2. The number of Topliss-reactive ketones (excluding diaryl/α,β-unsaturated/α-hetero) is 1. The van der Waals surface area contributed by atoms with E-state index in [9.17, 15) is 29.8 Å². The number of nitrogens with one attached hydrogen (secondary N) is 2. The Morgan fingerprint density at radius 2 is 1.77 bits per heavy atom. The molecule has 0 saturated carbocycles. The average Bonchev–Trinajstić information content (AvgIpc) is 3.38. The zero-order valence-corrected chi connectivity index (χ0v) is 20.9. The molecule has 0 bridgehead atoms. The molecule has 3 heterocycles. The lowest BCUT2D eigenvalue weighted by molar-refractivity contribution is -0.385. The first-order valence-electron chi connectivity index (χ1n) is 11.9. The molecule has 13 nitrogen and oxygen atoms in total. The number of nitro benzene ring substituents is 2. The number of fused-ring (bicyclic) bond motifs is 2. The fourth-order valence-electron chi connectivity index (χ4n) is 5.02. The van der Waals surface area contributed by atoms with E-state index in [1.807, 2.05) is 0 Å². The van der Waals surface area contributed by atoms with Crippen LogP contribution < -0.4 is 20.3 Å². The monoisotopic (exact) mass is 549 g/mol. The Morgan fingerprint density at radius 3 is 2.49 bits per heavy atom. The first-order chi connectivity index (χ1) is 18.8. The van der Waals surface area contributed by atoms with E-state index in [-0.39, 0.29) is 58.2 Å². The molecule has 2 aromatic carbocycles. The summed E-state index contributed by atoms with van der Waals surface area (Å²) in [4.78, 5) is 55.9. The molecule has 3 aliphatic rings. The molecule has 6 rings (SSSR count). The molecular formula is C25H19N5O8S. The highest BCUT2D eigenvalue weighted by Crippen LogP contribution is 2.49. The number of H-pyrrole nitrogens is 1. The number of thioether (sulfide) groups is 1. The summed E-state index contributed by atoms with van der Waals surface area (Å²) < 4.78 is 10.8. The zero-order chi connectivity index (χ0) is 27.3. The summed E-state index contributed by atoms with van der Waals surface area (Å²) in [6.07, 6.45) is 1.38. The molecule has 0 fully saturated rings. The van der Waals surface area contributed by atoms with E-state index < -0.39 is 21.3 Å². The van der Waals surface area contributed by atoms with Gasteiger partial charge in [0.1, 0.15) is 5.82 Å². The minimum absolute atomic E-state index is 0.0250. The highest BCUT2D eigenvalue weighted by Gasteiger charge is 2.41. The number of carbonyl (C=O) groups is 1. The second-order valence-electron chi connectivity index (χ2n) is 9.09. The van der Waals surface area contributed by atoms with Crippen molar-refractivity contribution in [2.45, 2.75) is 36.1 Å². The van der Waals surface area contributed by atoms with Crippen molar-refractivity contribution < 1.29 is 24.1 Å². The van der Waals surface area contributed by atoms with Crippen molar-refractivity contribution in [3.63, 3.8) is 0 Å². The van der Waals surface area contributed by atoms with E-state index in [1.54, 1.807) is 12.1 Å². The van der Waals surface area contributed by atoms with Gasteiger partial charge in [-0.05, 0) is 24.5 Å². The van der Waals surface area contributed by atoms with Crippen molar-refractivity contribution in [3.8, 4) is 11.5 Å². The molecule has 1 unspecified atom stereocenters. The molecule has 39 heavy (non-hydrogen) atoms. The standard InChI is InChI=1S/C25H19N5O8S/c31-17-3-1-2-15-21(17)20(14-8-18-19(38-11-37-18)9-16(14)30(35)36)22-23(26-15)27-25(28-24(22)32)39-10-12-4-6-13(7-5-12)29(33)34/h4-9,20H,1-3,10-11H2,(H2,26,27,28,32). The van der Waals surface area contributed by atoms with Gasteiger partial charge in [-0.3, -0.25) is 29.8 Å². The second kappa shape index (κ2) is 9.54. The Balaban J connectivity index is 1.42. The molecule has 2 N–H and O–H groups in total. The Bertz CT molecular complexity index is 1650. The molecule has 1 atom stereocenters.